The molecule has 2 amide bonds. The third kappa shape index (κ3) is 4.98. The van der Waals surface area contributed by atoms with Crippen LogP contribution in [0.3, 0.4) is 0 Å². The first-order valence-electron chi connectivity index (χ1n) is 10.6. The fourth-order valence-corrected chi connectivity index (χ4v) is 4.31. The van der Waals surface area contributed by atoms with E-state index in [1.165, 1.54) is 0 Å². The van der Waals surface area contributed by atoms with Crippen molar-refractivity contribution in [1.82, 2.24) is 15.8 Å². The summed E-state index contributed by atoms with van der Waals surface area (Å²) in [5.74, 6) is -1.35. The van der Waals surface area contributed by atoms with E-state index < -0.39 is 23.7 Å². The molecule has 1 aliphatic rings. The van der Waals surface area contributed by atoms with E-state index in [1.54, 1.807) is 54.0 Å². The fourth-order valence-electron chi connectivity index (χ4n) is 4.31. The number of nitrogens with one attached hydrogen (secondary N) is 2. The number of rotatable bonds is 5. The lowest BCUT2D eigenvalue weighted by Gasteiger charge is -2.19. The first kappa shape index (κ1) is 22.7. The molecule has 0 unspecified atom stereocenters. The van der Waals surface area contributed by atoms with E-state index in [2.05, 4.69) is 10.3 Å². The van der Waals surface area contributed by atoms with Crippen molar-refractivity contribution in [2.45, 2.75) is 37.9 Å². The minimum Gasteiger partial charge on any atom is -0.349 e. The number of halogens is 3. The second-order valence-corrected chi connectivity index (χ2v) is 8.15. The Morgan fingerprint density at radius 2 is 1.79 bits per heavy atom. The van der Waals surface area contributed by atoms with E-state index >= 15 is 0 Å². The van der Waals surface area contributed by atoms with Crippen LogP contribution in [0.15, 0.2) is 54.6 Å². The average Bonchev–Trinajstić information content (AvgIpc) is 3.26. The molecule has 3 aromatic rings. The Morgan fingerprint density at radius 1 is 1.06 bits per heavy atom. The number of alkyl halides is 3. The van der Waals surface area contributed by atoms with Gasteiger partial charge in [0.25, 0.3) is 5.91 Å². The van der Waals surface area contributed by atoms with Crippen molar-refractivity contribution in [3.8, 4) is 0 Å². The van der Waals surface area contributed by atoms with Crippen molar-refractivity contribution in [2.24, 2.45) is 5.92 Å². The number of benzene rings is 2. The quantitative estimate of drug-likeness (QED) is 0.395. The molecule has 3 N–H and O–H groups in total. The molecule has 0 radical (unpaired) electrons. The normalized spacial score (nSPS) is 18.3. The second-order valence-electron chi connectivity index (χ2n) is 8.15. The van der Waals surface area contributed by atoms with Crippen LogP contribution < -0.4 is 10.8 Å². The smallest absolute Gasteiger partial charge is 0.349 e. The van der Waals surface area contributed by atoms with E-state index in [0.717, 1.165) is 18.1 Å². The van der Waals surface area contributed by atoms with Gasteiger partial charge < -0.3 is 5.32 Å². The molecule has 0 aliphatic heterocycles. The lowest BCUT2D eigenvalue weighted by atomic mass is 9.98. The first-order chi connectivity index (χ1) is 15.8. The standard InChI is InChI=1S/C24H22F3N3O3/c25-24(26,27)21-13-16(17-4-1-2-6-19(17)28-21)12-14-8-10-15(11-9-14)22(31)29-20-7-3-5-18(20)23(32)30-33/h1-2,4,6,8-11,13,18,20,33H,3,5,7,12H2,(H,29,31)(H,30,32)/t18-,20+/m1/s1. The Bertz CT molecular complexity index is 1180. The van der Waals surface area contributed by atoms with Crippen LogP contribution in [-0.2, 0) is 17.4 Å². The van der Waals surface area contributed by atoms with Gasteiger partial charge in [-0.1, -0.05) is 36.8 Å². The van der Waals surface area contributed by atoms with Crippen LogP contribution >= 0.6 is 0 Å². The van der Waals surface area contributed by atoms with Crippen molar-refractivity contribution in [1.29, 1.82) is 0 Å². The summed E-state index contributed by atoms with van der Waals surface area (Å²) in [5, 5.41) is 12.3. The zero-order valence-corrected chi connectivity index (χ0v) is 17.5. The van der Waals surface area contributed by atoms with Gasteiger partial charge in [0.1, 0.15) is 5.69 Å². The molecule has 2 aromatic carbocycles. The van der Waals surface area contributed by atoms with Crippen LogP contribution in [0.1, 0.15) is 46.4 Å². The highest BCUT2D eigenvalue weighted by atomic mass is 19.4. The van der Waals surface area contributed by atoms with E-state index in [9.17, 15) is 22.8 Å². The number of hydroxylamine groups is 1. The molecule has 172 valence electrons. The Balaban J connectivity index is 1.52. The maximum absolute atomic E-state index is 13.3. The molecule has 33 heavy (non-hydrogen) atoms. The van der Waals surface area contributed by atoms with Crippen molar-refractivity contribution < 1.29 is 28.0 Å². The van der Waals surface area contributed by atoms with E-state index in [-0.39, 0.29) is 23.9 Å². The van der Waals surface area contributed by atoms with Crippen LogP contribution in [0, 0.1) is 5.92 Å². The molecule has 9 heteroatoms. The van der Waals surface area contributed by atoms with Crippen molar-refractivity contribution in [3.63, 3.8) is 0 Å². The SMILES string of the molecule is O=C(N[C@H]1CCC[C@H]1C(=O)NO)c1ccc(Cc2cc(C(F)(F)F)nc3ccccc23)cc1. The summed E-state index contributed by atoms with van der Waals surface area (Å²) in [6.07, 6.45) is -2.32. The van der Waals surface area contributed by atoms with Crippen LogP contribution in [0.2, 0.25) is 0 Å². The first-order valence-corrected chi connectivity index (χ1v) is 10.6. The maximum Gasteiger partial charge on any atom is 0.433 e. The summed E-state index contributed by atoms with van der Waals surface area (Å²) < 4.78 is 39.9. The molecule has 0 spiro atoms. The minimum atomic E-state index is -4.55. The molecular weight excluding hydrogens is 435 g/mol. The number of hydrogen-bond donors (Lipinski definition) is 3. The number of pyridine rings is 1. The average molecular weight is 457 g/mol. The molecule has 1 aromatic heterocycles. The maximum atomic E-state index is 13.3. The molecule has 1 heterocycles. The Hall–Kier alpha value is -3.46. The number of fused-ring (bicyclic) bond motifs is 1. The van der Waals surface area contributed by atoms with E-state index in [1.807, 2.05) is 0 Å². The summed E-state index contributed by atoms with van der Waals surface area (Å²) in [6, 6.07) is 14.0. The van der Waals surface area contributed by atoms with Gasteiger partial charge in [0.2, 0.25) is 5.91 Å². The molecule has 1 saturated carbocycles. The number of amides is 2. The third-order valence-electron chi connectivity index (χ3n) is 5.98. The summed E-state index contributed by atoms with van der Waals surface area (Å²) in [5.41, 5.74) is 2.59. The zero-order valence-electron chi connectivity index (χ0n) is 17.5. The predicted octanol–water partition coefficient (Wildman–Crippen LogP) is 4.25. The third-order valence-corrected chi connectivity index (χ3v) is 5.98. The van der Waals surface area contributed by atoms with Gasteiger partial charge in [-0.05, 0) is 54.7 Å². The Labute approximate surface area is 187 Å². The van der Waals surface area contributed by atoms with Crippen LogP contribution in [-0.4, -0.2) is 28.0 Å². The van der Waals surface area contributed by atoms with Crippen LogP contribution in [0.5, 0.6) is 0 Å². The van der Waals surface area contributed by atoms with Crippen molar-refractivity contribution >= 4 is 22.7 Å². The molecule has 1 fully saturated rings. The topological polar surface area (TPSA) is 91.3 Å². The van der Waals surface area contributed by atoms with Crippen molar-refractivity contribution in [2.75, 3.05) is 0 Å². The predicted molar refractivity (Wildman–Crippen MR) is 115 cm³/mol. The molecule has 0 saturated heterocycles. The van der Waals surface area contributed by atoms with Gasteiger partial charge in [-0.3, -0.25) is 14.8 Å². The summed E-state index contributed by atoms with van der Waals surface area (Å²) in [6.45, 7) is 0. The number of nitrogens with zero attached hydrogens (tertiary/aromatic N) is 1. The van der Waals surface area contributed by atoms with Gasteiger partial charge in [0, 0.05) is 17.0 Å². The van der Waals surface area contributed by atoms with Gasteiger partial charge in [-0.15, -0.1) is 0 Å². The lowest BCUT2D eigenvalue weighted by Crippen LogP contribution is -2.43. The zero-order chi connectivity index (χ0) is 23.6. The summed E-state index contributed by atoms with van der Waals surface area (Å²) in [7, 11) is 0. The van der Waals surface area contributed by atoms with Crippen molar-refractivity contribution in [3.05, 3.63) is 77.0 Å². The highest BCUT2D eigenvalue weighted by molar-refractivity contribution is 5.95. The van der Waals surface area contributed by atoms with Gasteiger partial charge in [-0.25, -0.2) is 10.5 Å². The largest absolute Gasteiger partial charge is 0.433 e. The number of hydrogen-bond acceptors (Lipinski definition) is 4. The highest BCUT2D eigenvalue weighted by Crippen LogP contribution is 2.32. The second kappa shape index (κ2) is 9.19. The minimum absolute atomic E-state index is 0.245. The fraction of sp³-hybridized carbons (Fsp3) is 0.292. The van der Waals surface area contributed by atoms with Crippen LogP contribution in [0.25, 0.3) is 10.9 Å². The lowest BCUT2D eigenvalue weighted by molar-refractivity contribution is -0.141. The van der Waals surface area contributed by atoms with E-state index in [0.29, 0.717) is 29.4 Å². The molecular formula is C24H22F3N3O3. The number of aromatic nitrogens is 1. The summed E-state index contributed by atoms with van der Waals surface area (Å²) in [4.78, 5) is 28.1. The van der Waals surface area contributed by atoms with Crippen LogP contribution in [0.4, 0.5) is 13.2 Å². The Morgan fingerprint density at radius 3 is 2.48 bits per heavy atom. The van der Waals surface area contributed by atoms with Gasteiger partial charge in [-0.2, -0.15) is 13.2 Å². The Kier molecular flexibility index (Phi) is 6.33. The molecule has 6 nitrogen and oxygen atoms in total. The number of carbonyl (C=O) groups is 2. The molecule has 1 aliphatic carbocycles. The molecule has 0 bridgehead atoms. The molecule has 4 rings (SSSR count). The number of para-hydroxylation sites is 1. The number of carbonyl (C=O) groups excluding carboxylic acids is 2. The van der Waals surface area contributed by atoms with E-state index in [4.69, 9.17) is 5.21 Å². The van der Waals surface area contributed by atoms with Gasteiger partial charge in [0.15, 0.2) is 0 Å². The highest BCUT2D eigenvalue weighted by Gasteiger charge is 2.34. The summed E-state index contributed by atoms with van der Waals surface area (Å²) >= 11 is 0. The van der Waals surface area contributed by atoms with Gasteiger partial charge >= 0.3 is 6.18 Å². The molecule has 2 atom stereocenters. The monoisotopic (exact) mass is 457 g/mol. The van der Waals surface area contributed by atoms with Gasteiger partial charge in [0.05, 0.1) is 11.4 Å².